The smallest absolute Gasteiger partial charge is 0.150 e. The van der Waals surface area contributed by atoms with E-state index in [0.29, 0.717) is 22.6 Å². The molecule has 0 spiro atoms. The summed E-state index contributed by atoms with van der Waals surface area (Å²) in [6.07, 6.45) is 7.89. The summed E-state index contributed by atoms with van der Waals surface area (Å²) in [6.45, 7) is 3.14. The Morgan fingerprint density at radius 1 is 1.42 bits per heavy atom. The van der Waals surface area contributed by atoms with Crippen molar-refractivity contribution in [2.24, 2.45) is 0 Å². The molecule has 0 N–H and O–H groups in total. The van der Waals surface area contributed by atoms with E-state index in [-0.39, 0.29) is 12.0 Å². The van der Waals surface area contributed by atoms with Crippen LogP contribution in [-0.4, -0.2) is 23.0 Å². The normalized spacial score (nSPS) is 18.2. The van der Waals surface area contributed by atoms with Gasteiger partial charge in [-0.2, -0.15) is 5.10 Å². The highest BCUT2D eigenvalue weighted by Gasteiger charge is 2.21. The van der Waals surface area contributed by atoms with E-state index < -0.39 is 0 Å². The molecule has 2 aromatic carbocycles. The van der Waals surface area contributed by atoms with E-state index in [1.54, 1.807) is 18.3 Å². The van der Waals surface area contributed by atoms with Crippen molar-refractivity contribution in [1.82, 2.24) is 9.78 Å². The molecular formula is C20H20ClFN2O2. The SMILES string of the molecule is CCO/C=C/c1c(F)ccc2cc3c(cnn3C3CCCCO3)c(Cl)c12. The van der Waals surface area contributed by atoms with Crippen LogP contribution in [-0.2, 0) is 9.47 Å². The van der Waals surface area contributed by atoms with Crippen molar-refractivity contribution in [3.63, 3.8) is 0 Å². The average Bonchev–Trinajstić information content (AvgIpc) is 3.09. The fourth-order valence-corrected chi connectivity index (χ4v) is 3.82. The molecule has 3 aromatic rings. The van der Waals surface area contributed by atoms with Gasteiger partial charge in [0.1, 0.15) is 5.82 Å². The van der Waals surface area contributed by atoms with E-state index in [4.69, 9.17) is 21.1 Å². The Balaban J connectivity index is 1.90. The van der Waals surface area contributed by atoms with Gasteiger partial charge in [0.05, 0.1) is 29.6 Å². The number of ether oxygens (including phenoxy) is 2. The molecule has 1 fully saturated rings. The van der Waals surface area contributed by atoms with Crippen molar-refractivity contribution in [2.75, 3.05) is 13.2 Å². The van der Waals surface area contributed by atoms with Crippen molar-refractivity contribution in [3.8, 4) is 0 Å². The maximum absolute atomic E-state index is 14.4. The molecule has 26 heavy (non-hydrogen) atoms. The minimum Gasteiger partial charge on any atom is -0.501 e. The molecular weight excluding hydrogens is 355 g/mol. The van der Waals surface area contributed by atoms with Crippen LogP contribution < -0.4 is 0 Å². The van der Waals surface area contributed by atoms with Crippen LogP contribution in [0.3, 0.4) is 0 Å². The van der Waals surface area contributed by atoms with E-state index in [1.165, 1.54) is 12.3 Å². The third-order valence-electron chi connectivity index (χ3n) is 4.73. The monoisotopic (exact) mass is 374 g/mol. The number of nitrogens with zero attached hydrogens (tertiary/aromatic N) is 2. The first-order valence-electron chi connectivity index (χ1n) is 8.88. The zero-order valence-electron chi connectivity index (χ0n) is 14.5. The predicted molar refractivity (Wildman–Crippen MR) is 102 cm³/mol. The minimum atomic E-state index is -0.335. The highest BCUT2D eigenvalue weighted by molar-refractivity contribution is 6.41. The highest BCUT2D eigenvalue weighted by atomic mass is 35.5. The van der Waals surface area contributed by atoms with E-state index in [1.807, 2.05) is 17.7 Å². The second kappa shape index (κ2) is 7.25. The summed E-state index contributed by atoms with van der Waals surface area (Å²) in [5.74, 6) is -0.335. The molecule has 0 aliphatic carbocycles. The van der Waals surface area contributed by atoms with Crippen LogP contribution in [0.15, 0.2) is 30.7 Å². The van der Waals surface area contributed by atoms with Crippen molar-refractivity contribution < 1.29 is 13.9 Å². The van der Waals surface area contributed by atoms with Gasteiger partial charge in [-0.1, -0.05) is 17.7 Å². The Bertz CT molecular complexity index is 977. The van der Waals surface area contributed by atoms with E-state index >= 15 is 0 Å². The predicted octanol–water partition coefficient (Wildman–Crippen LogP) is 5.69. The fraction of sp³-hybridized carbons (Fsp3) is 0.350. The standard InChI is InChI=1S/C20H20ClFN2O2/c1-2-25-10-8-14-16(22)7-6-13-11-17-15(20(21)19(13)14)12-23-24(17)18-5-3-4-9-26-18/h6-8,10-12,18H,2-5,9H2,1H3/b10-8+. The second-order valence-electron chi connectivity index (χ2n) is 6.35. The molecule has 1 atom stereocenters. The molecule has 1 unspecified atom stereocenters. The molecule has 4 rings (SSSR count). The molecule has 0 radical (unpaired) electrons. The first-order valence-corrected chi connectivity index (χ1v) is 9.26. The first-order chi connectivity index (χ1) is 12.7. The number of rotatable bonds is 4. The number of halogens is 2. The zero-order chi connectivity index (χ0) is 18.1. The van der Waals surface area contributed by atoms with E-state index in [9.17, 15) is 4.39 Å². The van der Waals surface area contributed by atoms with Crippen molar-refractivity contribution in [1.29, 1.82) is 0 Å². The zero-order valence-corrected chi connectivity index (χ0v) is 15.3. The van der Waals surface area contributed by atoms with Crippen LogP contribution in [0.4, 0.5) is 4.39 Å². The molecule has 1 aliphatic heterocycles. The molecule has 4 nitrogen and oxygen atoms in total. The maximum atomic E-state index is 14.4. The van der Waals surface area contributed by atoms with Crippen LogP contribution in [0, 0.1) is 5.82 Å². The fourth-order valence-electron chi connectivity index (χ4n) is 3.46. The van der Waals surface area contributed by atoms with Crippen LogP contribution in [0.5, 0.6) is 0 Å². The average molecular weight is 375 g/mol. The molecule has 0 saturated carbocycles. The Labute approximate surface area is 156 Å². The van der Waals surface area contributed by atoms with Crippen molar-refractivity contribution in [2.45, 2.75) is 32.4 Å². The minimum absolute atomic E-state index is 0.0764. The Morgan fingerprint density at radius 3 is 3.08 bits per heavy atom. The molecule has 1 aromatic heterocycles. The second-order valence-corrected chi connectivity index (χ2v) is 6.73. The van der Waals surface area contributed by atoms with E-state index in [0.717, 1.165) is 42.2 Å². The van der Waals surface area contributed by atoms with Crippen molar-refractivity contribution in [3.05, 3.63) is 47.1 Å². The third-order valence-corrected chi connectivity index (χ3v) is 5.13. The summed E-state index contributed by atoms with van der Waals surface area (Å²) < 4.78 is 27.4. The molecule has 0 bridgehead atoms. The Morgan fingerprint density at radius 2 is 2.31 bits per heavy atom. The number of fused-ring (bicyclic) bond motifs is 2. The third kappa shape index (κ3) is 2.95. The summed E-state index contributed by atoms with van der Waals surface area (Å²) in [5, 5.41) is 7.32. The topological polar surface area (TPSA) is 36.3 Å². The Kier molecular flexibility index (Phi) is 4.83. The van der Waals surface area contributed by atoms with E-state index in [2.05, 4.69) is 5.10 Å². The number of hydrogen-bond donors (Lipinski definition) is 0. The lowest BCUT2D eigenvalue weighted by atomic mass is 10.0. The summed E-state index contributed by atoms with van der Waals surface area (Å²) in [7, 11) is 0. The molecule has 136 valence electrons. The van der Waals surface area contributed by atoms with Gasteiger partial charge in [0, 0.05) is 22.9 Å². The van der Waals surface area contributed by atoms with Crippen molar-refractivity contribution >= 4 is 39.4 Å². The van der Waals surface area contributed by atoms with Gasteiger partial charge >= 0.3 is 0 Å². The summed E-state index contributed by atoms with van der Waals surface area (Å²) in [6, 6.07) is 5.19. The van der Waals surface area contributed by atoms with Gasteiger partial charge in [-0.25, -0.2) is 9.07 Å². The molecule has 2 heterocycles. The van der Waals surface area contributed by atoms with Gasteiger partial charge in [0.2, 0.25) is 0 Å². The number of hydrogen-bond acceptors (Lipinski definition) is 3. The molecule has 1 aliphatic rings. The van der Waals surface area contributed by atoms with Gasteiger partial charge in [0.15, 0.2) is 6.23 Å². The lowest BCUT2D eigenvalue weighted by Gasteiger charge is -2.23. The van der Waals surface area contributed by atoms with Crippen LogP contribution in [0.25, 0.3) is 27.8 Å². The summed E-state index contributed by atoms with van der Waals surface area (Å²) in [5.41, 5.74) is 1.32. The largest absolute Gasteiger partial charge is 0.501 e. The van der Waals surface area contributed by atoms with Gasteiger partial charge in [-0.05, 0) is 49.8 Å². The Hall–Kier alpha value is -2.11. The van der Waals surface area contributed by atoms with Gasteiger partial charge in [-0.15, -0.1) is 0 Å². The molecule has 6 heteroatoms. The molecule has 0 amide bonds. The number of aromatic nitrogens is 2. The first kappa shape index (κ1) is 17.3. The molecule has 1 saturated heterocycles. The van der Waals surface area contributed by atoms with Crippen LogP contribution in [0.2, 0.25) is 5.02 Å². The summed E-state index contributed by atoms with van der Waals surface area (Å²) >= 11 is 6.68. The summed E-state index contributed by atoms with van der Waals surface area (Å²) in [4.78, 5) is 0. The lowest BCUT2D eigenvalue weighted by molar-refractivity contribution is -0.0366. The quantitative estimate of drug-likeness (QED) is 0.550. The van der Waals surface area contributed by atoms with Crippen LogP contribution in [0.1, 0.15) is 38.0 Å². The number of benzene rings is 2. The van der Waals surface area contributed by atoms with Gasteiger partial charge < -0.3 is 9.47 Å². The van der Waals surface area contributed by atoms with Gasteiger partial charge in [0.25, 0.3) is 0 Å². The highest BCUT2D eigenvalue weighted by Crippen LogP contribution is 2.37. The maximum Gasteiger partial charge on any atom is 0.150 e. The van der Waals surface area contributed by atoms with Crippen LogP contribution >= 0.6 is 11.6 Å². The van der Waals surface area contributed by atoms with Gasteiger partial charge in [-0.3, -0.25) is 0 Å². The lowest BCUT2D eigenvalue weighted by Crippen LogP contribution is -2.18.